The molecule has 1 aliphatic carbocycles. The molecule has 3 nitrogen and oxygen atoms in total. The van der Waals surface area contributed by atoms with Crippen molar-refractivity contribution in [1.29, 1.82) is 0 Å². The number of aliphatic hydroxyl groups is 1. The summed E-state index contributed by atoms with van der Waals surface area (Å²) in [4.78, 5) is 0. The Labute approximate surface area is 97.9 Å². The molecule has 1 aliphatic heterocycles. The number of hydrogen-bond donors (Lipinski definition) is 2. The molecule has 1 saturated carbocycles. The maximum absolute atomic E-state index is 9.32. The van der Waals surface area contributed by atoms with E-state index in [1.807, 2.05) is 0 Å². The van der Waals surface area contributed by atoms with Gasteiger partial charge in [-0.2, -0.15) is 0 Å². The van der Waals surface area contributed by atoms with Crippen LogP contribution >= 0.6 is 0 Å². The highest BCUT2D eigenvalue weighted by atomic mass is 16.5. The lowest BCUT2D eigenvalue weighted by Crippen LogP contribution is -2.41. The van der Waals surface area contributed by atoms with E-state index in [9.17, 15) is 5.11 Å². The highest BCUT2D eigenvalue weighted by molar-refractivity contribution is 5.07. The summed E-state index contributed by atoms with van der Waals surface area (Å²) < 4.78 is 5.42. The number of rotatable bonds is 4. The minimum atomic E-state index is 0.327. The maximum atomic E-state index is 9.32. The molecular weight excluding hydrogens is 202 g/mol. The van der Waals surface area contributed by atoms with Crippen LogP contribution in [0.2, 0.25) is 0 Å². The third-order valence-electron chi connectivity index (χ3n) is 3.72. The first kappa shape index (κ1) is 12.1. The normalized spacial score (nSPS) is 31.2. The monoisotopic (exact) mass is 225 g/mol. The van der Waals surface area contributed by atoms with Crippen LogP contribution in [0.1, 0.15) is 32.1 Å². The molecule has 0 radical (unpaired) electrons. The van der Waals surface area contributed by atoms with Crippen LogP contribution in [-0.4, -0.2) is 37.5 Å². The largest absolute Gasteiger partial charge is 0.396 e. The van der Waals surface area contributed by atoms with Gasteiger partial charge in [0.1, 0.15) is 0 Å². The van der Waals surface area contributed by atoms with E-state index >= 15 is 0 Å². The number of ether oxygens (including phenoxy) is 1. The van der Waals surface area contributed by atoms with Crippen molar-refractivity contribution < 1.29 is 9.84 Å². The van der Waals surface area contributed by atoms with Crippen molar-refractivity contribution >= 4 is 0 Å². The van der Waals surface area contributed by atoms with Crippen molar-refractivity contribution in [2.24, 2.45) is 5.92 Å². The Bertz CT molecular complexity index is 240. The molecule has 0 saturated heterocycles. The first-order valence-corrected chi connectivity index (χ1v) is 6.50. The first-order valence-electron chi connectivity index (χ1n) is 6.50. The van der Waals surface area contributed by atoms with E-state index in [0.29, 0.717) is 18.6 Å². The van der Waals surface area contributed by atoms with Crippen molar-refractivity contribution in [3.8, 4) is 0 Å². The van der Waals surface area contributed by atoms with Gasteiger partial charge in [-0.1, -0.05) is 18.9 Å². The lowest BCUT2D eigenvalue weighted by molar-refractivity contribution is 0.140. The summed E-state index contributed by atoms with van der Waals surface area (Å²) in [6, 6.07) is 0.501. The minimum Gasteiger partial charge on any atom is -0.396 e. The molecule has 0 spiro atoms. The van der Waals surface area contributed by atoms with Crippen LogP contribution in [0.25, 0.3) is 0 Å². The van der Waals surface area contributed by atoms with Crippen LogP contribution in [0, 0.1) is 5.92 Å². The van der Waals surface area contributed by atoms with Crippen molar-refractivity contribution in [2.75, 3.05) is 26.4 Å². The zero-order valence-electron chi connectivity index (χ0n) is 9.95. The maximum Gasteiger partial charge on any atom is 0.0689 e. The third kappa shape index (κ3) is 3.30. The second kappa shape index (κ2) is 6.38. The molecule has 0 aromatic rings. The van der Waals surface area contributed by atoms with Gasteiger partial charge in [0.15, 0.2) is 0 Å². The van der Waals surface area contributed by atoms with Crippen LogP contribution in [0.15, 0.2) is 11.6 Å². The van der Waals surface area contributed by atoms with E-state index < -0.39 is 0 Å². The molecule has 0 amide bonds. The predicted molar refractivity (Wildman–Crippen MR) is 64.4 cm³/mol. The van der Waals surface area contributed by atoms with Crippen LogP contribution < -0.4 is 5.32 Å². The van der Waals surface area contributed by atoms with Crippen LogP contribution in [0.4, 0.5) is 0 Å². The highest BCUT2D eigenvalue weighted by Crippen LogP contribution is 2.24. The van der Waals surface area contributed by atoms with E-state index in [1.54, 1.807) is 0 Å². The fourth-order valence-corrected chi connectivity index (χ4v) is 2.69. The topological polar surface area (TPSA) is 41.5 Å². The van der Waals surface area contributed by atoms with Gasteiger partial charge in [0.2, 0.25) is 0 Å². The molecule has 2 rings (SSSR count). The van der Waals surface area contributed by atoms with Crippen molar-refractivity contribution in [2.45, 2.75) is 38.1 Å². The SMILES string of the molecule is OCC1CCCCC1NCC1=CCCOC1. The number of nitrogens with one attached hydrogen (secondary N) is 1. The van der Waals surface area contributed by atoms with E-state index in [-0.39, 0.29) is 0 Å². The molecule has 16 heavy (non-hydrogen) atoms. The summed E-state index contributed by atoms with van der Waals surface area (Å²) in [7, 11) is 0. The first-order chi connectivity index (χ1) is 7.90. The van der Waals surface area contributed by atoms with Crippen molar-refractivity contribution in [3.63, 3.8) is 0 Å². The molecule has 3 heteroatoms. The Morgan fingerprint density at radius 3 is 3.00 bits per heavy atom. The molecule has 0 aromatic heterocycles. The molecule has 2 N–H and O–H groups in total. The van der Waals surface area contributed by atoms with Gasteiger partial charge in [-0.25, -0.2) is 0 Å². The van der Waals surface area contributed by atoms with Crippen LogP contribution in [0.5, 0.6) is 0 Å². The van der Waals surface area contributed by atoms with Gasteiger partial charge in [0, 0.05) is 19.2 Å². The number of hydrogen-bond acceptors (Lipinski definition) is 3. The zero-order valence-corrected chi connectivity index (χ0v) is 9.95. The molecule has 1 fully saturated rings. The highest BCUT2D eigenvalue weighted by Gasteiger charge is 2.23. The molecule has 1 heterocycles. The smallest absolute Gasteiger partial charge is 0.0689 e. The van der Waals surface area contributed by atoms with Gasteiger partial charge >= 0.3 is 0 Å². The van der Waals surface area contributed by atoms with E-state index in [0.717, 1.165) is 26.2 Å². The van der Waals surface area contributed by atoms with Crippen molar-refractivity contribution in [1.82, 2.24) is 5.32 Å². The molecule has 2 aliphatic rings. The molecule has 0 bridgehead atoms. The summed E-state index contributed by atoms with van der Waals surface area (Å²) >= 11 is 0. The standard InChI is InChI=1S/C13H23NO2/c15-9-12-5-1-2-6-13(12)14-8-11-4-3-7-16-10-11/h4,12-15H,1-3,5-10H2. The Balaban J connectivity index is 1.76. The molecular formula is C13H23NO2. The second-order valence-electron chi connectivity index (χ2n) is 4.92. The van der Waals surface area contributed by atoms with E-state index in [4.69, 9.17) is 4.74 Å². The van der Waals surface area contributed by atoms with Gasteiger partial charge in [0.05, 0.1) is 13.2 Å². The Morgan fingerprint density at radius 2 is 2.25 bits per heavy atom. The van der Waals surface area contributed by atoms with Gasteiger partial charge in [-0.3, -0.25) is 0 Å². The molecule has 92 valence electrons. The summed E-state index contributed by atoms with van der Waals surface area (Å²) in [6.07, 6.45) is 8.28. The Kier molecular flexibility index (Phi) is 4.82. The summed E-state index contributed by atoms with van der Waals surface area (Å²) in [6.45, 7) is 2.91. The van der Waals surface area contributed by atoms with Crippen molar-refractivity contribution in [3.05, 3.63) is 11.6 Å². The molecule has 2 unspecified atom stereocenters. The summed E-state index contributed by atoms with van der Waals surface area (Å²) in [5.41, 5.74) is 1.37. The van der Waals surface area contributed by atoms with Gasteiger partial charge in [0.25, 0.3) is 0 Å². The Morgan fingerprint density at radius 1 is 1.38 bits per heavy atom. The average Bonchev–Trinajstić information content (AvgIpc) is 2.38. The molecule has 0 aromatic carbocycles. The fourth-order valence-electron chi connectivity index (χ4n) is 2.69. The quantitative estimate of drug-likeness (QED) is 0.712. The fraction of sp³-hybridized carbons (Fsp3) is 0.846. The van der Waals surface area contributed by atoms with E-state index in [1.165, 1.54) is 31.3 Å². The second-order valence-corrected chi connectivity index (χ2v) is 4.92. The summed E-state index contributed by atoms with van der Waals surface area (Å²) in [5.74, 6) is 0.457. The Hall–Kier alpha value is -0.380. The number of aliphatic hydroxyl groups excluding tert-OH is 1. The lowest BCUT2D eigenvalue weighted by atomic mass is 9.85. The third-order valence-corrected chi connectivity index (χ3v) is 3.72. The van der Waals surface area contributed by atoms with Gasteiger partial charge in [-0.05, 0) is 30.8 Å². The zero-order chi connectivity index (χ0) is 11.2. The van der Waals surface area contributed by atoms with Crippen LogP contribution in [-0.2, 0) is 4.74 Å². The van der Waals surface area contributed by atoms with Gasteiger partial charge < -0.3 is 15.2 Å². The summed E-state index contributed by atoms with van der Waals surface area (Å²) in [5, 5.41) is 12.9. The molecule has 2 atom stereocenters. The predicted octanol–water partition coefficient (Wildman–Crippen LogP) is 1.47. The lowest BCUT2D eigenvalue weighted by Gasteiger charge is -2.31. The minimum absolute atomic E-state index is 0.327. The average molecular weight is 225 g/mol. The van der Waals surface area contributed by atoms with E-state index in [2.05, 4.69) is 11.4 Å². The van der Waals surface area contributed by atoms with Gasteiger partial charge in [-0.15, -0.1) is 0 Å². The van der Waals surface area contributed by atoms with Crippen LogP contribution in [0.3, 0.4) is 0 Å².